The van der Waals surface area contributed by atoms with Gasteiger partial charge in [-0.1, -0.05) is 59.6 Å². The van der Waals surface area contributed by atoms with Crippen LogP contribution in [0.4, 0.5) is 0 Å². The first-order valence-corrected chi connectivity index (χ1v) is 9.15. The smallest absolute Gasteiger partial charge is 0.317 e. The number of benzene rings is 2. The van der Waals surface area contributed by atoms with Crippen LogP contribution in [0, 0.1) is 0 Å². The Morgan fingerprint density at radius 3 is 2.46 bits per heavy atom. The first kappa shape index (κ1) is 18.7. The van der Waals surface area contributed by atoms with Crippen LogP contribution in [-0.2, 0) is 19.7 Å². The molecule has 1 N–H and O–H groups in total. The van der Waals surface area contributed by atoms with Gasteiger partial charge in [-0.25, -0.2) is 0 Å². The fraction of sp³-hybridized carbons (Fsp3) is 0.300. The van der Waals surface area contributed by atoms with Crippen LogP contribution >= 0.6 is 23.2 Å². The molecule has 0 heterocycles. The molecule has 0 aromatic heterocycles. The maximum atomic E-state index is 12.4. The largest absolute Gasteiger partial charge is 0.455 e. The second-order valence-electron chi connectivity index (χ2n) is 6.48. The summed E-state index contributed by atoms with van der Waals surface area (Å²) in [5, 5.41) is 3.78. The molecule has 6 heteroatoms. The molecule has 2 aromatic rings. The quantitative estimate of drug-likeness (QED) is 0.740. The Morgan fingerprint density at radius 2 is 1.85 bits per heavy atom. The third kappa shape index (κ3) is 4.02. The van der Waals surface area contributed by atoms with Gasteiger partial charge < -0.3 is 10.1 Å². The molecule has 136 valence electrons. The number of ether oxygens (including phenoxy) is 1. The molecule has 0 saturated heterocycles. The van der Waals surface area contributed by atoms with Crippen molar-refractivity contribution in [2.24, 2.45) is 0 Å². The number of hydrogen-bond donors (Lipinski definition) is 1. The van der Waals surface area contributed by atoms with Crippen LogP contribution in [0.25, 0.3) is 0 Å². The molecule has 0 aliphatic heterocycles. The van der Waals surface area contributed by atoms with Gasteiger partial charge in [0.05, 0.1) is 11.5 Å². The van der Waals surface area contributed by atoms with E-state index in [1.807, 2.05) is 30.3 Å². The second kappa shape index (κ2) is 7.68. The lowest BCUT2D eigenvalue weighted by Gasteiger charge is -2.17. The Hall–Kier alpha value is -2.04. The fourth-order valence-corrected chi connectivity index (χ4v) is 3.55. The first-order chi connectivity index (χ1) is 12.4. The summed E-state index contributed by atoms with van der Waals surface area (Å²) in [6, 6.07) is 14.3. The normalized spacial score (nSPS) is 15.8. The zero-order valence-corrected chi connectivity index (χ0v) is 15.8. The summed E-state index contributed by atoms with van der Waals surface area (Å²) < 4.78 is 5.27. The standard InChI is InChI=1S/C20H19Cl2NO3/c1-13(16-8-7-15(21)11-17(16)22)23-18(24)12-26-19(25)20(9-10-20)14-5-3-2-4-6-14/h2-8,11,13H,9-10,12H2,1H3,(H,23,24). The predicted molar refractivity (Wildman–Crippen MR) is 101 cm³/mol. The summed E-state index contributed by atoms with van der Waals surface area (Å²) >= 11 is 12.0. The van der Waals surface area contributed by atoms with Crippen molar-refractivity contribution < 1.29 is 14.3 Å². The molecule has 4 nitrogen and oxygen atoms in total. The molecule has 26 heavy (non-hydrogen) atoms. The van der Waals surface area contributed by atoms with Gasteiger partial charge in [0.2, 0.25) is 0 Å². The molecule has 1 amide bonds. The van der Waals surface area contributed by atoms with Gasteiger partial charge in [0, 0.05) is 10.0 Å². The van der Waals surface area contributed by atoms with Crippen molar-refractivity contribution in [1.29, 1.82) is 0 Å². The number of amides is 1. The van der Waals surface area contributed by atoms with E-state index in [1.165, 1.54) is 0 Å². The first-order valence-electron chi connectivity index (χ1n) is 8.39. The summed E-state index contributed by atoms with van der Waals surface area (Å²) in [5.41, 5.74) is 1.09. The summed E-state index contributed by atoms with van der Waals surface area (Å²) in [4.78, 5) is 24.6. The summed E-state index contributed by atoms with van der Waals surface area (Å²) in [6.07, 6.45) is 1.49. The molecule has 1 unspecified atom stereocenters. The van der Waals surface area contributed by atoms with Gasteiger partial charge in [-0.05, 0) is 43.0 Å². The molecule has 1 fully saturated rings. The molecule has 1 atom stereocenters. The lowest BCUT2D eigenvalue weighted by Crippen LogP contribution is -2.33. The minimum absolute atomic E-state index is 0.317. The van der Waals surface area contributed by atoms with Gasteiger partial charge in [-0.15, -0.1) is 0 Å². The third-order valence-electron chi connectivity index (χ3n) is 4.61. The lowest BCUT2D eigenvalue weighted by molar-refractivity contribution is -0.151. The highest BCUT2D eigenvalue weighted by molar-refractivity contribution is 6.35. The molecule has 1 aliphatic rings. The van der Waals surface area contributed by atoms with Gasteiger partial charge >= 0.3 is 5.97 Å². The SMILES string of the molecule is CC(NC(=O)COC(=O)C1(c2ccccc2)CC1)c1ccc(Cl)cc1Cl. The number of carbonyl (C=O) groups is 2. The van der Waals surface area contributed by atoms with Crippen molar-refractivity contribution in [2.75, 3.05) is 6.61 Å². The molecule has 2 aromatic carbocycles. The molecule has 0 radical (unpaired) electrons. The maximum absolute atomic E-state index is 12.4. The fourth-order valence-electron chi connectivity index (χ4n) is 2.98. The number of esters is 1. The summed E-state index contributed by atoms with van der Waals surface area (Å²) in [6.45, 7) is 1.49. The zero-order valence-electron chi connectivity index (χ0n) is 14.3. The van der Waals surface area contributed by atoms with Crippen LogP contribution < -0.4 is 5.32 Å². The van der Waals surface area contributed by atoms with Crippen LogP contribution in [-0.4, -0.2) is 18.5 Å². The van der Waals surface area contributed by atoms with Gasteiger partial charge in [0.25, 0.3) is 5.91 Å². The summed E-state index contributed by atoms with van der Waals surface area (Å²) in [5.74, 6) is -0.725. The zero-order chi connectivity index (χ0) is 18.7. The van der Waals surface area contributed by atoms with Crippen LogP contribution in [0.15, 0.2) is 48.5 Å². The van der Waals surface area contributed by atoms with E-state index >= 15 is 0 Å². The molecule has 0 spiro atoms. The van der Waals surface area contributed by atoms with E-state index in [9.17, 15) is 9.59 Å². The third-order valence-corrected chi connectivity index (χ3v) is 5.17. The Labute approximate surface area is 162 Å². The Kier molecular flexibility index (Phi) is 5.54. The molecule has 1 saturated carbocycles. The van der Waals surface area contributed by atoms with E-state index in [2.05, 4.69) is 5.32 Å². The number of nitrogens with one attached hydrogen (secondary N) is 1. The van der Waals surface area contributed by atoms with Crippen molar-refractivity contribution in [3.63, 3.8) is 0 Å². The molecule has 3 rings (SSSR count). The summed E-state index contributed by atoms with van der Waals surface area (Å²) in [7, 11) is 0. The van der Waals surface area contributed by atoms with Crippen molar-refractivity contribution >= 4 is 35.1 Å². The molecule has 0 bridgehead atoms. The van der Waals surface area contributed by atoms with Gasteiger partial charge in [-0.3, -0.25) is 9.59 Å². The average Bonchev–Trinajstić information content (AvgIpc) is 3.42. The Morgan fingerprint density at radius 1 is 1.15 bits per heavy atom. The van der Waals surface area contributed by atoms with E-state index < -0.39 is 5.41 Å². The highest BCUT2D eigenvalue weighted by atomic mass is 35.5. The predicted octanol–water partition coefficient (Wildman–Crippen LogP) is 4.45. The van der Waals surface area contributed by atoms with Crippen LogP contribution in [0.5, 0.6) is 0 Å². The highest BCUT2D eigenvalue weighted by Gasteiger charge is 2.52. The minimum Gasteiger partial charge on any atom is -0.455 e. The van der Waals surface area contributed by atoms with E-state index in [0.29, 0.717) is 10.0 Å². The van der Waals surface area contributed by atoms with Crippen molar-refractivity contribution in [3.8, 4) is 0 Å². The van der Waals surface area contributed by atoms with Crippen molar-refractivity contribution in [2.45, 2.75) is 31.2 Å². The maximum Gasteiger partial charge on any atom is 0.317 e. The highest BCUT2D eigenvalue weighted by Crippen LogP contribution is 2.49. The number of hydrogen-bond acceptors (Lipinski definition) is 3. The Balaban J connectivity index is 1.55. The van der Waals surface area contributed by atoms with Crippen molar-refractivity contribution in [1.82, 2.24) is 5.32 Å². The monoisotopic (exact) mass is 391 g/mol. The van der Waals surface area contributed by atoms with E-state index in [1.54, 1.807) is 25.1 Å². The second-order valence-corrected chi connectivity index (χ2v) is 7.32. The number of halogens is 2. The Bertz CT molecular complexity index is 819. The van der Waals surface area contributed by atoms with Crippen molar-refractivity contribution in [3.05, 3.63) is 69.7 Å². The average molecular weight is 392 g/mol. The van der Waals surface area contributed by atoms with E-state index in [0.717, 1.165) is 24.0 Å². The molecular weight excluding hydrogens is 373 g/mol. The molecular formula is C20H19Cl2NO3. The van der Waals surface area contributed by atoms with E-state index in [-0.39, 0.29) is 24.5 Å². The topological polar surface area (TPSA) is 55.4 Å². The lowest BCUT2D eigenvalue weighted by atomic mass is 9.96. The number of carbonyl (C=O) groups excluding carboxylic acids is 2. The van der Waals surface area contributed by atoms with Gasteiger partial charge in [-0.2, -0.15) is 0 Å². The number of rotatable bonds is 6. The van der Waals surface area contributed by atoms with E-state index in [4.69, 9.17) is 27.9 Å². The van der Waals surface area contributed by atoms with Gasteiger partial charge in [0.1, 0.15) is 0 Å². The molecule has 1 aliphatic carbocycles. The van der Waals surface area contributed by atoms with Crippen LogP contribution in [0.2, 0.25) is 10.0 Å². The minimum atomic E-state index is -0.591. The van der Waals surface area contributed by atoms with Gasteiger partial charge in [0.15, 0.2) is 6.61 Å². The van der Waals surface area contributed by atoms with Crippen LogP contribution in [0.1, 0.15) is 36.9 Å². The van der Waals surface area contributed by atoms with Crippen LogP contribution in [0.3, 0.4) is 0 Å².